The summed E-state index contributed by atoms with van der Waals surface area (Å²) in [5.41, 5.74) is 12.8. The van der Waals surface area contributed by atoms with E-state index in [9.17, 15) is 0 Å². The van der Waals surface area contributed by atoms with Gasteiger partial charge in [0.1, 0.15) is 0 Å². The van der Waals surface area contributed by atoms with Gasteiger partial charge < -0.3 is 0 Å². The number of fused-ring (bicyclic) bond motifs is 5. The van der Waals surface area contributed by atoms with Crippen molar-refractivity contribution >= 4 is 43.1 Å². The molecule has 0 unspecified atom stereocenters. The third-order valence-corrected chi connectivity index (χ3v) is 13.3. The van der Waals surface area contributed by atoms with Gasteiger partial charge in [-0.2, -0.15) is 0 Å². The van der Waals surface area contributed by atoms with Crippen LogP contribution in [-0.4, -0.2) is 29.9 Å². The fourth-order valence-electron chi connectivity index (χ4n) is 9.76. The molecule has 0 aliphatic rings. The van der Waals surface area contributed by atoms with Crippen molar-refractivity contribution in [2.24, 2.45) is 0 Å². The second kappa shape index (κ2) is 17.3. The lowest BCUT2D eigenvalue weighted by atomic mass is 9.90. The molecule has 13 aromatic rings. The van der Waals surface area contributed by atoms with Gasteiger partial charge in [-0.05, 0) is 103 Å². The minimum Gasteiger partial charge on any atom is -0.256 e. The van der Waals surface area contributed by atoms with Crippen molar-refractivity contribution in [2.75, 3.05) is 0 Å². The van der Waals surface area contributed by atoms with E-state index in [-0.39, 0.29) is 0 Å². The molecule has 0 amide bonds. The molecule has 13 rings (SSSR count). The lowest BCUT2D eigenvalue weighted by Gasteiger charge is -2.15. The molecule has 4 heterocycles. The number of aromatic nitrogens is 6. The standard InChI is InChI=1S/C64H40N6/c1-5-15-54-42(11-1)32-35-66-60(54)45-24-28-47(29-25-45)62-68-63(48-30-26-46(27-31-48)61-55-16-6-2-12-43(55)33-36-67-61)70-64(69-62)52-38-50(41-20-22-44(23-21-41)59-19-9-10-34-65-59)37-51(39-52)58-40-49-13-3-4-14-53(49)56-17-7-8-18-57(56)58/h1-40H. The van der Waals surface area contributed by atoms with Gasteiger partial charge in [0.15, 0.2) is 17.5 Å². The number of hydrogen-bond donors (Lipinski definition) is 0. The summed E-state index contributed by atoms with van der Waals surface area (Å²) in [6, 6.07) is 78.6. The SMILES string of the molecule is c1ccc(-c2ccc(-c3cc(-c4nc(-c5ccc(-c6nccc7ccccc67)cc5)nc(-c5ccc(-c6nccc7ccccc67)cc5)n4)cc(-c4cc5ccccc5c5ccccc45)c3)cc2)nc1. The average molecular weight is 893 g/mol. The zero-order chi connectivity index (χ0) is 46.4. The highest BCUT2D eigenvalue weighted by molar-refractivity contribution is 6.14. The number of hydrogen-bond acceptors (Lipinski definition) is 6. The Kier molecular flexibility index (Phi) is 10.1. The lowest BCUT2D eigenvalue weighted by Crippen LogP contribution is -2.01. The Hall–Kier alpha value is -9.52. The molecule has 326 valence electrons. The van der Waals surface area contributed by atoms with Crippen LogP contribution in [0.3, 0.4) is 0 Å². The van der Waals surface area contributed by atoms with Crippen LogP contribution in [0.25, 0.3) is 133 Å². The summed E-state index contributed by atoms with van der Waals surface area (Å²) >= 11 is 0. The molecule has 0 aliphatic carbocycles. The molecule has 0 saturated heterocycles. The van der Waals surface area contributed by atoms with E-state index in [2.05, 4.69) is 199 Å². The van der Waals surface area contributed by atoms with Crippen molar-refractivity contribution in [3.8, 4) is 90.2 Å². The normalized spacial score (nSPS) is 11.4. The smallest absolute Gasteiger partial charge is 0.164 e. The predicted molar refractivity (Wildman–Crippen MR) is 287 cm³/mol. The Balaban J connectivity index is 0.993. The number of rotatable bonds is 8. The maximum absolute atomic E-state index is 5.33. The Bertz CT molecular complexity index is 3940. The molecule has 0 N–H and O–H groups in total. The fourth-order valence-corrected chi connectivity index (χ4v) is 9.76. The van der Waals surface area contributed by atoms with Gasteiger partial charge in [0, 0.05) is 62.7 Å². The molecule has 4 aromatic heterocycles. The second-order valence-corrected chi connectivity index (χ2v) is 17.5. The topological polar surface area (TPSA) is 77.3 Å². The highest BCUT2D eigenvalue weighted by Crippen LogP contribution is 2.40. The molecule has 0 bridgehead atoms. The van der Waals surface area contributed by atoms with Crippen molar-refractivity contribution in [1.29, 1.82) is 0 Å². The Morgan fingerprint density at radius 2 is 0.671 bits per heavy atom. The van der Waals surface area contributed by atoms with Crippen molar-refractivity contribution < 1.29 is 0 Å². The molecular formula is C64H40N6. The summed E-state index contributed by atoms with van der Waals surface area (Å²) in [7, 11) is 0. The number of nitrogens with zero attached hydrogens (tertiary/aromatic N) is 6. The van der Waals surface area contributed by atoms with Gasteiger partial charge in [-0.15, -0.1) is 0 Å². The van der Waals surface area contributed by atoms with Gasteiger partial charge in [-0.1, -0.05) is 176 Å². The summed E-state index contributed by atoms with van der Waals surface area (Å²) in [6.45, 7) is 0. The molecule has 6 nitrogen and oxygen atoms in total. The number of pyridine rings is 3. The predicted octanol–water partition coefficient (Wildman–Crippen LogP) is 16.0. The average Bonchev–Trinajstić information content (AvgIpc) is 3.44. The molecule has 70 heavy (non-hydrogen) atoms. The minimum atomic E-state index is 0.567. The van der Waals surface area contributed by atoms with Crippen molar-refractivity contribution in [1.82, 2.24) is 29.9 Å². The van der Waals surface area contributed by atoms with Crippen LogP contribution >= 0.6 is 0 Å². The zero-order valence-corrected chi connectivity index (χ0v) is 37.8. The molecule has 0 atom stereocenters. The van der Waals surface area contributed by atoms with Crippen LogP contribution in [0.5, 0.6) is 0 Å². The van der Waals surface area contributed by atoms with Gasteiger partial charge in [-0.25, -0.2) is 15.0 Å². The van der Waals surface area contributed by atoms with E-state index in [1.165, 1.54) is 21.5 Å². The Morgan fingerprint density at radius 1 is 0.229 bits per heavy atom. The molecule has 0 radical (unpaired) electrons. The Morgan fingerprint density at radius 3 is 1.26 bits per heavy atom. The van der Waals surface area contributed by atoms with Crippen LogP contribution in [0.4, 0.5) is 0 Å². The molecule has 0 aliphatic heterocycles. The molecule has 6 heteroatoms. The summed E-state index contributed by atoms with van der Waals surface area (Å²) < 4.78 is 0. The van der Waals surface area contributed by atoms with Crippen molar-refractivity contribution in [3.63, 3.8) is 0 Å². The van der Waals surface area contributed by atoms with Crippen LogP contribution in [0.15, 0.2) is 243 Å². The molecule has 0 fully saturated rings. The van der Waals surface area contributed by atoms with E-state index >= 15 is 0 Å². The van der Waals surface area contributed by atoms with E-state index in [0.717, 1.165) is 94.3 Å². The summed E-state index contributed by atoms with van der Waals surface area (Å²) in [5, 5.41) is 9.28. The van der Waals surface area contributed by atoms with Crippen LogP contribution < -0.4 is 0 Å². The van der Waals surface area contributed by atoms with E-state index in [0.29, 0.717) is 17.5 Å². The van der Waals surface area contributed by atoms with Gasteiger partial charge in [0.2, 0.25) is 0 Å². The summed E-state index contributed by atoms with van der Waals surface area (Å²) in [5.74, 6) is 1.71. The monoisotopic (exact) mass is 892 g/mol. The Labute approximate surface area is 404 Å². The highest BCUT2D eigenvalue weighted by Gasteiger charge is 2.18. The van der Waals surface area contributed by atoms with Gasteiger partial charge in [0.05, 0.1) is 17.1 Å². The molecular weight excluding hydrogens is 853 g/mol. The van der Waals surface area contributed by atoms with E-state index in [1.807, 2.05) is 48.9 Å². The molecule has 9 aromatic carbocycles. The van der Waals surface area contributed by atoms with Gasteiger partial charge in [-0.3, -0.25) is 15.0 Å². The van der Waals surface area contributed by atoms with Gasteiger partial charge >= 0.3 is 0 Å². The van der Waals surface area contributed by atoms with Crippen LogP contribution in [0.1, 0.15) is 0 Å². The third-order valence-electron chi connectivity index (χ3n) is 13.3. The lowest BCUT2D eigenvalue weighted by molar-refractivity contribution is 1.07. The van der Waals surface area contributed by atoms with Crippen LogP contribution in [0.2, 0.25) is 0 Å². The molecule has 0 saturated carbocycles. The van der Waals surface area contributed by atoms with Gasteiger partial charge in [0.25, 0.3) is 0 Å². The highest BCUT2D eigenvalue weighted by atomic mass is 15.0. The minimum absolute atomic E-state index is 0.567. The first-order valence-corrected chi connectivity index (χ1v) is 23.4. The van der Waals surface area contributed by atoms with Crippen molar-refractivity contribution in [3.05, 3.63) is 243 Å². The first-order valence-electron chi connectivity index (χ1n) is 23.4. The number of benzene rings is 9. The quantitative estimate of drug-likeness (QED) is 0.141. The van der Waals surface area contributed by atoms with E-state index in [4.69, 9.17) is 24.9 Å². The first-order chi connectivity index (χ1) is 34.7. The third kappa shape index (κ3) is 7.50. The summed E-state index contributed by atoms with van der Waals surface area (Å²) in [4.78, 5) is 30.1. The van der Waals surface area contributed by atoms with Crippen molar-refractivity contribution in [2.45, 2.75) is 0 Å². The van der Waals surface area contributed by atoms with Crippen LogP contribution in [-0.2, 0) is 0 Å². The first kappa shape index (κ1) is 40.7. The molecule has 0 spiro atoms. The maximum atomic E-state index is 5.33. The summed E-state index contributed by atoms with van der Waals surface area (Å²) in [6.07, 6.45) is 5.57. The second-order valence-electron chi connectivity index (χ2n) is 17.5. The van der Waals surface area contributed by atoms with E-state index in [1.54, 1.807) is 0 Å². The zero-order valence-electron chi connectivity index (χ0n) is 37.8. The van der Waals surface area contributed by atoms with E-state index < -0.39 is 0 Å². The fraction of sp³-hybridized carbons (Fsp3) is 0. The maximum Gasteiger partial charge on any atom is 0.164 e. The largest absolute Gasteiger partial charge is 0.256 e. The van der Waals surface area contributed by atoms with Crippen LogP contribution in [0, 0.1) is 0 Å².